The SMILES string of the molecule is CCCn1c(NC(=O)COc2ccccc2[N+](=O)[O-])nc2ccccc21. The van der Waals surface area contributed by atoms with Crippen LogP contribution in [0.4, 0.5) is 11.6 Å². The highest BCUT2D eigenvalue weighted by Crippen LogP contribution is 2.26. The molecule has 0 unspecified atom stereocenters. The number of para-hydroxylation sites is 4. The van der Waals surface area contributed by atoms with E-state index in [0.29, 0.717) is 12.5 Å². The van der Waals surface area contributed by atoms with E-state index in [9.17, 15) is 14.9 Å². The van der Waals surface area contributed by atoms with Crippen LogP contribution in [-0.2, 0) is 11.3 Å². The second-order valence-corrected chi connectivity index (χ2v) is 5.64. The summed E-state index contributed by atoms with van der Waals surface area (Å²) in [5, 5.41) is 13.7. The third-order valence-electron chi connectivity index (χ3n) is 3.77. The lowest BCUT2D eigenvalue weighted by molar-refractivity contribution is -0.385. The van der Waals surface area contributed by atoms with Crippen molar-refractivity contribution in [2.24, 2.45) is 0 Å². The van der Waals surface area contributed by atoms with Crippen molar-refractivity contribution in [1.29, 1.82) is 0 Å². The second kappa shape index (κ2) is 7.64. The number of nitro benzene ring substituents is 1. The number of nitrogens with zero attached hydrogens (tertiary/aromatic N) is 3. The Morgan fingerprint density at radius 1 is 1.23 bits per heavy atom. The van der Waals surface area contributed by atoms with Crippen LogP contribution in [0.1, 0.15) is 13.3 Å². The van der Waals surface area contributed by atoms with Crippen molar-refractivity contribution in [2.45, 2.75) is 19.9 Å². The highest BCUT2D eigenvalue weighted by atomic mass is 16.6. The van der Waals surface area contributed by atoms with E-state index < -0.39 is 10.8 Å². The van der Waals surface area contributed by atoms with Gasteiger partial charge in [-0.15, -0.1) is 0 Å². The van der Waals surface area contributed by atoms with Crippen LogP contribution < -0.4 is 10.1 Å². The number of aromatic nitrogens is 2. The van der Waals surface area contributed by atoms with Crippen LogP contribution in [0.25, 0.3) is 11.0 Å². The first-order chi connectivity index (χ1) is 12.6. The number of nitrogens with one attached hydrogen (secondary N) is 1. The summed E-state index contributed by atoms with van der Waals surface area (Å²) < 4.78 is 7.24. The van der Waals surface area contributed by atoms with Crippen LogP contribution in [-0.4, -0.2) is 27.0 Å². The normalized spacial score (nSPS) is 10.7. The summed E-state index contributed by atoms with van der Waals surface area (Å²) >= 11 is 0. The third kappa shape index (κ3) is 3.64. The van der Waals surface area contributed by atoms with E-state index in [-0.39, 0.29) is 18.0 Å². The number of nitro groups is 1. The Hall–Kier alpha value is -3.42. The first-order valence-corrected chi connectivity index (χ1v) is 8.21. The summed E-state index contributed by atoms with van der Waals surface area (Å²) in [4.78, 5) is 27.1. The first kappa shape index (κ1) is 17.4. The number of ether oxygens (including phenoxy) is 1. The predicted molar refractivity (Wildman–Crippen MR) is 97.2 cm³/mol. The molecule has 3 rings (SSSR count). The van der Waals surface area contributed by atoms with E-state index in [0.717, 1.165) is 17.5 Å². The van der Waals surface area contributed by atoms with Crippen molar-refractivity contribution in [3.05, 3.63) is 58.6 Å². The minimum absolute atomic E-state index is 0.0507. The lowest BCUT2D eigenvalue weighted by atomic mass is 10.3. The van der Waals surface area contributed by atoms with Gasteiger partial charge in [0.05, 0.1) is 16.0 Å². The minimum atomic E-state index is -0.548. The molecule has 1 heterocycles. The van der Waals surface area contributed by atoms with Crippen LogP contribution in [0, 0.1) is 10.1 Å². The molecular weight excluding hydrogens is 336 g/mol. The molecule has 1 N–H and O–H groups in total. The number of carbonyl (C=O) groups excluding carboxylic acids is 1. The number of amides is 1. The summed E-state index contributed by atoms with van der Waals surface area (Å²) in [6, 6.07) is 13.6. The van der Waals surface area contributed by atoms with Gasteiger partial charge in [0.1, 0.15) is 0 Å². The van der Waals surface area contributed by atoms with Gasteiger partial charge in [-0.1, -0.05) is 31.2 Å². The quantitative estimate of drug-likeness (QED) is 0.518. The zero-order chi connectivity index (χ0) is 18.5. The van der Waals surface area contributed by atoms with Crippen LogP contribution >= 0.6 is 0 Å². The van der Waals surface area contributed by atoms with Crippen LogP contribution in [0.3, 0.4) is 0 Å². The van der Waals surface area contributed by atoms with Gasteiger partial charge in [-0.05, 0) is 24.6 Å². The van der Waals surface area contributed by atoms with Crippen molar-refractivity contribution < 1.29 is 14.5 Å². The second-order valence-electron chi connectivity index (χ2n) is 5.64. The van der Waals surface area contributed by atoms with Gasteiger partial charge in [-0.3, -0.25) is 20.2 Å². The fraction of sp³-hybridized carbons (Fsp3) is 0.222. The average molecular weight is 354 g/mol. The van der Waals surface area contributed by atoms with Crippen molar-refractivity contribution >= 4 is 28.6 Å². The molecular formula is C18H18N4O4. The summed E-state index contributed by atoms with van der Waals surface area (Å²) in [5.41, 5.74) is 1.54. The van der Waals surface area contributed by atoms with E-state index in [1.54, 1.807) is 6.07 Å². The molecule has 0 aliphatic rings. The molecule has 3 aromatic rings. The number of hydrogen-bond acceptors (Lipinski definition) is 5. The molecule has 0 atom stereocenters. The number of hydrogen-bond donors (Lipinski definition) is 1. The number of aryl methyl sites for hydroxylation is 1. The number of fused-ring (bicyclic) bond motifs is 1. The van der Waals surface area contributed by atoms with Crippen molar-refractivity contribution in [2.75, 3.05) is 11.9 Å². The summed E-state index contributed by atoms with van der Waals surface area (Å²) in [5.74, 6) is 0.0507. The maximum atomic E-state index is 12.2. The van der Waals surface area contributed by atoms with E-state index >= 15 is 0 Å². The molecule has 0 spiro atoms. The van der Waals surface area contributed by atoms with Gasteiger partial charge in [-0.25, -0.2) is 4.98 Å². The average Bonchev–Trinajstić information content (AvgIpc) is 2.98. The molecule has 1 amide bonds. The number of carbonyl (C=O) groups is 1. The summed E-state index contributed by atoms with van der Waals surface area (Å²) in [6.45, 7) is 2.40. The summed E-state index contributed by atoms with van der Waals surface area (Å²) in [6.07, 6.45) is 0.885. The molecule has 0 saturated heterocycles. The Balaban J connectivity index is 1.74. The maximum absolute atomic E-state index is 12.2. The molecule has 8 nitrogen and oxygen atoms in total. The standard InChI is InChI=1S/C18H18N4O4/c1-2-11-21-14-8-4-3-7-13(14)19-18(21)20-17(23)12-26-16-10-6-5-9-15(16)22(24)25/h3-10H,2,11-12H2,1H3,(H,19,20,23). The monoisotopic (exact) mass is 354 g/mol. The molecule has 8 heteroatoms. The topological polar surface area (TPSA) is 99.3 Å². The Morgan fingerprint density at radius 2 is 1.96 bits per heavy atom. The van der Waals surface area contributed by atoms with E-state index in [1.807, 2.05) is 35.8 Å². The molecule has 134 valence electrons. The van der Waals surface area contributed by atoms with Gasteiger partial charge in [-0.2, -0.15) is 0 Å². The molecule has 0 aliphatic heterocycles. The van der Waals surface area contributed by atoms with Crippen LogP contribution in [0.5, 0.6) is 5.75 Å². The third-order valence-corrected chi connectivity index (χ3v) is 3.77. The van der Waals surface area contributed by atoms with Gasteiger partial charge in [0.15, 0.2) is 12.4 Å². The van der Waals surface area contributed by atoms with E-state index in [4.69, 9.17) is 4.74 Å². The van der Waals surface area contributed by atoms with Crippen molar-refractivity contribution in [3.8, 4) is 5.75 Å². The van der Waals surface area contributed by atoms with E-state index in [2.05, 4.69) is 10.3 Å². The molecule has 0 fully saturated rings. The smallest absolute Gasteiger partial charge is 0.310 e. The van der Waals surface area contributed by atoms with Crippen LogP contribution in [0.15, 0.2) is 48.5 Å². The van der Waals surface area contributed by atoms with Crippen molar-refractivity contribution in [3.63, 3.8) is 0 Å². The highest BCUT2D eigenvalue weighted by molar-refractivity contribution is 5.92. The molecule has 0 saturated carbocycles. The lowest BCUT2D eigenvalue weighted by Gasteiger charge is -2.10. The van der Waals surface area contributed by atoms with Gasteiger partial charge in [0, 0.05) is 12.6 Å². The maximum Gasteiger partial charge on any atom is 0.310 e. The predicted octanol–water partition coefficient (Wildman–Crippen LogP) is 3.37. The number of benzene rings is 2. The Morgan fingerprint density at radius 3 is 2.73 bits per heavy atom. The Labute approximate surface area is 149 Å². The minimum Gasteiger partial charge on any atom is -0.477 e. The Kier molecular flexibility index (Phi) is 5.12. The molecule has 26 heavy (non-hydrogen) atoms. The molecule has 0 bridgehead atoms. The van der Waals surface area contributed by atoms with Gasteiger partial charge < -0.3 is 9.30 Å². The fourth-order valence-corrected chi connectivity index (χ4v) is 2.66. The largest absolute Gasteiger partial charge is 0.477 e. The first-order valence-electron chi connectivity index (χ1n) is 8.21. The molecule has 0 aliphatic carbocycles. The summed E-state index contributed by atoms with van der Waals surface area (Å²) in [7, 11) is 0. The number of anilines is 1. The van der Waals surface area contributed by atoms with Gasteiger partial charge in [0.25, 0.3) is 5.91 Å². The number of rotatable bonds is 7. The zero-order valence-electron chi connectivity index (χ0n) is 14.2. The highest BCUT2D eigenvalue weighted by Gasteiger charge is 2.16. The fourth-order valence-electron chi connectivity index (χ4n) is 2.66. The van der Waals surface area contributed by atoms with Gasteiger partial charge >= 0.3 is 5.69 Å². The van der Waals surface area contributed by atoms with E-state index in [1.165, 1.54) is 18.2 Å². The van der Waals surface area contributed by atoms with Crippen molar-refractivity contribution in [1.82, 2.24) is 9.55 Å². The zero-order valence-corrected chi connectivity index (χ0v) is 14.2. The van der Waals surface area contributed by atoms with Crippen LogP contribution in [0.2, 0.25) is 0 Å². The number of imidazole rings is 1. The van der Waals surface area contributed by atoms with Gasteiger partial charge in [0.2, 0.25) is 5.95 Å². The molecule has 1 aromatic heterocycles. The molecule has 2 aromatic carbocycles. The molecule has 0 radical (unpaired) electrons. The Bertz CT molecular complexity index is 951. The lowest BCUT2D eigenvalue weighted by Crippen LogP contribution is -2.22.